The van der Waals surface area contributed by atoms with Crippen molar-refractivity contribution < 1.29 is 9.53 Å². The van der Waals surface area contributed by atoms with E-state index in [2.05, 4.69) is 21.6 Å². The van der Waals surface area contributed by atoms with Gasteiger partial charge < -0.3 is 20.6 Å². The van der Waals surface area contributed by atoms with Crippen LogP contribution in [0.4, 0.5) is 11.6 Å². The first-order valence-electron chi connectivity index (χ1n) is 11.1. The highest BCUT2D eigenvalue weighted by atomic mass is 16.6. The largest absolute Gasteiger partial charge is 0.598 e. The maximum Gasteiger partial charge on any atom is 0.269 e. The average Bonchev–Trinajstić information content (AvgIpc) is 3.20. The lowest BCUT2D eigenvalue weighted by Gasteiger charge is -2.43. The lowest BCUT2D eigenvalue weighted by Crippen LogP contribution is -2.56. The molecule has 0 bridgehead atoms. The van der Waals surface area contributed by atoms with Crippen molar-refractivity contribution in [2.75, 3.05) is 18.8 Å². The Hall–Kier alpha value is -4.08. The van der Waals surface area contributed by atoms with E-state index in [1.165, 1.54) is 12.4 Å². The van der Waals surface area contributed by atoms with Gasteiger partial charge in [0.05, 0.1) is 6.54 Å². The molecule has 9 nitrogen and oxygen atoms in total. The van der Waals surface area contributed by atoms with Crippen molar-refractivity contribution in [3.63, 3.8) is 0 Å². The van der Waals surface area contributed by atoms with Crippen molar-refractivity contribution in [2.24, 2.45) is 5.10 Å². The number of hydrogen-bond donors (Lipinski definition) is 1. The molecule has 9 heteroatoms. The van der Waals surface area contributed by atoms with Crippen molar-refractivity contribution in [2.45, 2.75) is 18.9 Å². The number of fused-ring (bicyclic) bond motifs is 1. The fourth-order valence-corrected chi connectivity index (χ4v) is 4.44. The van der Waals surface area contributed by atoms with E-state index in [0.29, 0.717) is 42.0 Å². The zero-order chi connectivity index (χ0) is 23.7. The molecule has 1 aromatic heterocycles. The number of amides is 1. The average molecular weight is 457 g/mol. The third-order valence-electron chi connectivity index (χ3n) is 6.13. The number of rotatable bonds is 5. The molecule has 5 rings (SSSR count). The van der Waals surface area contributed by atoms with Gasteiger partial charge in [0.1, 0.15) is 41.0 Å². The van der Waals surface area contributed by atoms with Crippen LogP contribution in [0.5, 0.6) is 11.5 Å². The Morgan fingerprint density at radius 1 is 1.15 bits per heavy atom. The van der Waals surface area contributed by atoms with Crippen LogP contribution in [0.3, 0.4) is 0 Å². The van der Waals surface area contributed by atoms with Crippen molar-refractivity contribution >= 4 is 23.3 Å². The molecule has 3 aromatic rings. The summed E-state index contributed by atoms with van der Waals surface area (Å²) in [4.78, 5) is 22.2. The summed E-state index contributed by atoms with van der Waals surface area (Å²) in [5.74, 6) is 1.57. The normalized spacial score (nSPS) is 21.5. The Kier molecular flexibility index (Phi) is 5.56. The van der Waals surface area contributed by atoms with Gasteiger partial charge in [0, 0.05) is 18.5 Å². The molecular weight excluding hydrogens is 432 g/mol. The van der Waals surface area contributed by atoms with Gasteiger partial charge in [-0.15, -0.1) is 0 Å². The lowest BCUT2D eigenvalue weighted by atomic mass is 10.0. The monoisotopic (exact) mass is 456 g/mol. The SMILES string of the molecule is C=CC(=O)N1CCC[C@@H]([N+]2([O-])N=C(c3ccc(Oc4ccccc4)cc3)c3c(N)ncnc32)C1. The molecule has 172 valence electrons. The molecular formula is C25H24N6O3. The predicted molar refractivity (Wildman–Crippen MR) is 130 cm³/mol. The molecule has 1 unspecified atom stereocenters. The number of anilines is 1. The number of nitrogens with zero attached hydrogens (tertiary/aromatic N) is 5. The molecule has 2 aromatic carbocycles. The van der Waals surface area contributed by atoms with Gasteiger partial charge in [0.2, 0.25) is 5.91 Å². The van der Waals surface area contributed by atoms with E-state index in [-0.39, 0.29) is 24.1 Å². The molecule has 2 N–H and O–H groups in total. The number of hydrogen-bond acceptors (Lipinski definition) is 7. The Morgan fingerprint density at radius 2 is 1.88 bits per heavy atom. The number of hydroxylamine groups is 1. The zero-order valence-corrected chi connectivity index (χ0v) is 18.5. The minimum atomic E-state index is -1.03. The molecule has 34 heavy (non-hydrogen) atoms. The van der Waals surface area contributed by atoms with Crippen molar-refractivity contribution in [3.05, 3.63) is 89.9 Å². The van der Waals surface area contributed by atoms with Gasteiger partial charge in [-0.3, -0.25) is 4.79 Å². The first-order valence-corrected chi connectivity index (χ1v) is 11.1. The Bertz CT molecular complexity index is 1260. The number of nitrogens with two attached hydrogens (primary N) is 1. The van der Waals surface area contributed by atoms with Gasteiger partial charge in [-0.2, -0.15) is 9.74 Å². The number of carbonyl (C=O) groups excluding carboxylic acids is 1. The summed E-state index contributed by atoms with van der Waals surface area (Å²) < 4.78 is 4.84. The van der Waals surface area contributed by atoms with E-state index < -0.39 is 10.8 Å². The van der Waals surface area contributed by atoms with Crippen LogP contribution >= 0.6 is 0 Å². The van der Waals surface area contributed by atoms with E-state index in [1.54, 1.807) is 4.90 Å². The van der Waals surface area contributed by atoms with Crippen molar-refractivity contribution in [1.82, 2.24) is 19.6 Å². The van der Waals surface area contributed by atoms with Gasteiger partial charge in [0.25, 0.3) is 5.82 Å². The number of aromatic nitrogens is 2. The second-order valence-corrected chi connectivity index (χ2v) is 8.25. The van der Waals surface area contributed by atoms with Crippen LogP contribution < -0.4 is 15.2 Å². The smallest absolute Gasteiger partial charge is 0.269 e. The Balaban J connectivity index is 1.49. The maximum absolute atomic E-state index is 14.2. The quantitative estimate of drug-likeness (QED) is 0.356. The molecule has 1 amide bonds. The van der Waals surface area contributed by atoms with Crippen LogP contribution in [0.1, 0.15) is 24.0 Å². The molecule has 0 radical (unpaired) electrons. The van der Waals surface area contributed by atoms with E-state index in [9.17, 15) is 10.0 Å². The van der Waals surface area contributed by atoms with Crippen LogP contribution in [0.2, 0.25) is 0 Å². The molecule has 2 aliphatic heterocycles. The summed E-state index contributed by atoms with van der Waals surface area (Å²) in [7, 11) is 0. The highest BCUT2D eigenvalue weighted by Crippen LogP contribution is 2.40. The van der Waals surface area contributed by atoms with Crippen LogP contribution in [0, 0.1) is 5.21 Å². The van der Waals surface area contributed by atoms with Crippen LogP contribution in [0.15, 0.2) is 78.7 Å². The topological polar surface area (TPSA) is 117 Å². The van der Waals surface area contributed by atoms with E-state index in [4.69, 9.17) is 10.5 Å². The summed E-state index contributed by atoms with van der Waals surface area (Å²) >= 11 is 0. The van der Waals surface area contributed by atoms with Crippen molar-refractivity contribution in [3.8, 4) is 11.5 Å². The molecule has 3 heterocycles. The minimum Gasteiger partial charge on any atom is -0.598 e. The van der Waals surface area contributed by atoms with Crippen LogP contribution in [-0.4, -0.2) is 45.6 Å². The zero-order valence-electron chi connectivity index (χ0n) is 18.5. The first kappa shape index (κ1) is 21.7. The molecule has 2 atom stereocenters. The molecule has 0 spiro atoms. The van der Waals surface area contributed by atoms with Gasteiger partial charge in [-0.05, 0) is 48.9 Å². The van der Waals surface area contributed by atoms with Crippen LogP contribution in [-0.2, 0) is 4.79 Å². The number of nitrogen functional groups attached to an aromatic ring is 1. The third kappa shape index (κ3) is 3.81. The standard InChI is InChI=1S/C25H24N6O3/c1-2-21(32)30-14-6-7-18(15-30)31(33)25-22(24(26)27-16-28-25)23(29-31)17-10-12-20(13-11-17)34-19-8-4-3-5-9-19/h2-5,8-13,16,18H,1,6-7,14-15H2,(H2,26,27,28)/t18-,31?/m1/s1. The number of likely N-dealkylation sites (tertiary alicyclic amines) is 1. The highest BCUT2D eigenvalue weighted by molar-refractivity contribution is 6.20. The molecule has 1 saturated heterocycles. The number of ether oxygens (including phenoxy) is 1. The first-order chi connectivity index (χ1) is 16.5. The van der Waals surface area contributed by atoms with Crippen molar-refractivity contribution in [1.29, 1.82) is 0 Å². The summed E-state index contributed by atoms with van der Waals surface area (Å²) in [6.07, 6.45) is 3.85. The number of quaternary nitrogens is 1. The summed E-state index contributed by atoms with van der Waals surface area (Å²) in [5, 5.41) is 18.8. The molecule has 2 aliphatic rings. The third-order valence-corrected chi connectivity index (χ3v) is 6.13. The van der Waals surface area contributed by atoms with Gasteiger partial charge in [-0.25, -0.2) is 4.98 Å². The number of para-hydroxylation sites is 1. The fraction of sp³-hybridized carbons (Fsp3) is 0.200. The maximum atomic E-state index is 14.2. The Labute approximate surface area is 197 Å². The van der Waals surface area contributed by atoms with E-state index in [0.717, 1.165) is 5.75 Å². The van der Waals surface area contributed by atoms with E-state index in [1.807, 2.05) is 54.6 Å². The molecule has 0 saturated carbocycles. The van der Waals surface area contributed by atoms with E-state index >= 15 is 0 Å². The second-order valence-electron chi connectivity index (χ2n) is 8.25. The number of benzene rings is 2. The molecule has 1 fully saturated rings. The predicted octanol–water partition coefficient (Wildman–Crippen LogP) is 3.60. The fourth-order valence-electron chi connectivity index (χ4n) is 4.44. The lowest BCUT2D eigenvalue weighted by molar-refractivity contribution is -0.127. The summed E-state index contributed by atoms with van der Waals surface area (Å²) in [5.41, 5.74) is 7.76. The number of carbonyl (C=O) groups is 1. The number of piperidine rings is 1. The van der Waals surface area contributed by atoms with Crippen LogP contribution in [0.25, 0.3) is 0 Å². The molecule has 0 aliphatic carbocycles. The summed E-state index contributed by atoms with van der Waals surface area (Å²) in [6.45, 7) is 4.40. The summed E-state index contributed by atoms with van der Waals surface area (Å²) in [6, 6.07) is 16.2. The highest BCUT2D eigenvalue weighted by Gasteiger charge is 2.46. The van der Waals surface area contributed by atoms with Gasteiger partial charge >= 0.3 is 0 Å². The van der Waals surface area contributed by atoms with Gasteiger partial charge in [0.15, 0.2) is 0 Å². The van der Waals surface area contributed by atoms with Gasteiger partial charge in [-0.1, -0.05) is 29.9 Å². The Morgan fingerprint density at radius 3 is 2.62 bits per heavy atom. The second kappa shape index (κ2) is 8.69. The minimum absolute atomic E-state index is 0.194.